The van der Waals surface area contributed by atoms with Crippen LogP contribution in [-0.2, 0) is 41.5 Å². The summed E-state index contributed by atoms with van der Waals surface area (Å²) in [5.74, 6) is -1.65. The first-order valence-electron chi connectivity index (χ1n) is 21.0. The first-order chi connectivity index (χ1) is 27.8. The van der Waals surface area contributed by atoms with Crippen molar-refractivity contribution in [1.82, 2.24) is 25.8 Å². The molecule has 4 atom stereocenters. The lowest BCUT2D eigenvalue weighted by Gasteiger charge is -2.32. The fourth-order valence-corrected chi connectivity index (χ4v) is 8.45. The average molecular weight is 784 g/mol. The van der Waals surface area contributed by atoms with Gasteiger partial charge in [0.2, 0.25) is 23.6 Å². The minimum absolute atomic E-state index is 0.0155. The fraction of sp³-hybridized carbons (Fsp3) is 0.556. The summed E-state index contributed by atoms with van der Waals surface area (Å²) in [4.78, 5) is 59.7. The highest BCUT2D eigenvalue weighted by atomic mass is 16.5. The quantitative estimate of drug-likeness (QED) is 0.153. The molecule has 0 unspecified atom stereocenters. The SMILES string of the molecule is O=C(C[C@H](O)[C@H](CC1CCCCC1)NC(=O)[C@H](Cc1ccccc1)NC(=O)[C@@H](CC(=O)N1CCOCC1)Cc1cccc2ccccc12)NCCN1CCOCC1. The van der Waals surface area contributed by atoms with Crippen molar-refractivity contribution in [3.8, 4) is 0 Å². The van der Waals surface area contributed by atoms with Gasteiger partial charge in [0.05, 0.1) is 50.9 Å². The van der Waals surface area contributed by atoms with Crippen molar-refractivity contribution in [2.45, 2.75) is 82.4 Å². The number of benzene rings is 3. The van der Waals surface area contributed by atoms with Crippen LogP contribution in [0.3, 0.4) is 0 Å². The van der Waals surface area contributed by atoms with Gasteiger partial charge in [0.15, 0.2) is 0 Å². The summed E-state index contributed by atoms with van der Waals surface area (Å²) < 4.78 is 10.9. The van der Waals surface area contributed by atoms with E-state index in [1.807, 2.05) is 72.8 Å². The molecule has 57 heavy (non-hydrogen) atoms. The summed E-state index contributed by atoms with van der Waals surface area (Å²) in [5.41, 5.74) is 1.81. The summed E-state index contributed by atoms with van der Waals surface area (Å²) in [7, 11) is 0. The summed E-state index contributed by atoms with van der Waals surface area (Å²) in [6, 6.07) is 21.8. The lowest BCUT2D eigenvalue weighted by Crippen LogP contribution is -2.55. The Morgan fingerprint density at radius 2 is 1.42 bits per heavy atom. The molecule has 12 nitrogen and oxygen atoms in total. The van der Waals surface area contributed by atoms with Gasteiger partial charge in [0, 0.05) is 52.1 Å². The lowest BCUT2D eigenvalue weighted by molar-refractivity contribution is -0.140. The molecule has 6 rings (SSSR count). The van der Waals surface area contributed by atoms with Gasteiger partial charge in [-0.15, -0.1) is 0 Å². The second-order valence-electron chi connectivity index (χ2n) is 15.9. The smallest absolute Gasteiger partial charge is 0.243 e. The van der Waals surface area contributed by atoms with Gasteiger partial charge in [-0.25, -0.2) is 0 Å². The molecule has 12 heteroatoms. The van der Waals surface area contributed by atoms with E-state index >= 15 is 0 Å². The van der Waals surface area contributed by atoms with E-state index in [0.29, 0.717) is 71.4 Å². The highest BCUT2D eigenvalue weighted by Gasteiger charge is 2.33. The third-order valence-corrected chi connectivity index (χ3v) is 11.8. The van der Waals surface area contributed by atoms with Crippen molar-refractivity contribution in [2.24, 2.45) is 11.8 Å². The summed E-state index contributed by atoms with van der Waals surface area (Å²) in [6.45, 7) is 6.01. The molecule has 4 N–H and O–H groups in total. The van der Waals surface area contributed by atoms with E-state index in [9.17, 15) is 24.3 Å². The van der Waals surface area contributed by atoms with Crippen LogP contribution in [0.2, 0.25) is 0 Å². The normalized spacial score (nSPS) is 18.9. The van der Waals surface area contributed by atoms with Crippen molar-refractivity contribution in [3.63, 3.8) is 0 Å². The van der Waals surface area contributed by atoms with Gasteiger partial charge in [-0.3, -0.25) is 24.1 Å². The Balaban J connectivity index is 1.19. The molecule has 3 aliphatic rings. The highest BCUT2D eigenvalue weighted by molar-refractivity contribution is 5.92. The third-order valence-electron chi connectivity index (χ3n) is 11.8. The molecule has 2 aliphatic heterocycles. The monoisotopic (exact) mass is 783 g/mol. The minimum atomic E-state index is -1.11. The third kappa shape index (κ3) is 13.1. The number of carbonyl (C=O) groups excluding carboxylic acids is 4. The molecule has 3 fully saturated rings. The molecule has 0 bridgehead atoms. The van der Waals surface area contributed by atoms with Crippen LogP contribution in [0.15, 0.2) is 72.8 Å². The molecular weight excluding hydrogens is 723 g/mol. The van der Waals surface area contributed by atoms with Crippen LogP contribution < -0.4 is 16.0 Å². The molecule has 2 heterocycles. The second-order valence-corrected chi connectivity index (χ2v) is 15.9. The molecule has 0 radical (unpaired) electrons. The standard InChI is InChI=1S/C45H61N5O7/c51-41(32-42(52)46-18-19-49-20-24-56-25-21-49)39(28-33-10-3-1-4-11-33)47-45(55)40(29-34-12-5-2-6-13-34)48-44(54)37(31-43(53)50-22-26-57-27-23-50)30-36-16-9-15-35-14-7-8-17-38(35)36/h2,5-9,12-17,33,37,39-41,51H,1,3-4,10-11,18-32H2,(H,46,52)(H,47,55)(H,48,54)/t37-,39+,40+,41+/m1/s1. The lowest BCUT2D eigenvalue weighted by atomic mass is 9.83. The topological polar surface area (TPSA) is 150 Å². The number of aliphatic hydroxyl groups is 1. The van der Waals surface area contributed by atoms with E-state index in [1.165, 1.54) is 6.42 Å². The van der Waals surface area contributed by atoms with Crippen LogP contribution in [0.1, 0.15) is 62.5 Å². The first-order valence-corrected chi connectivity index (χ1v) is 21.0. The van der Waals surface area contributed by atoms with Crippen LogP contribution >= 0.6 is 0 Å². The largest absolute Gasteiger partial charge is 0.390 e. The van der Waals surface area contributed by atoms with E-state index in [0.717, 1.165) is 60.7 Å². The summed E-state index contributed by atoms with van der Waals surface area (Å²) in [6.07, 6.45) is 5.15. The van der Waals surface area contributed by atoms with Crippen molar-refractivity contribution in [3.05, 3.63) is 83.9 Å². The summed E-state index contributed by atoms with van der Waals surface area (Å²) >= 11 is 0. The van der Waals surface area contributed by atoms with Gasteiger partial charge in [0.1, 0.15) is 6.04 Å². The van der Waals surface area contributed by atoms with Crippen LogP contribution in [0.4, 0.5) is 0 Å². The van der Waals surface area contributed by atoms with Gasteiger partial charge < -0.3 is 35.4 Å². The van der Waals surface area contributed by atoms with Crippen LogP contribution in [0.25, 0.3) is 10.8 Å². The number of carbonyl (C=O) groups is 4. The molecule has 3 aromatic rings. The predicted molar refractivity (Wildman–Crippen MR) is 219 cm³/mol. The Hall–Kier alpha value is -4.36. The predicted octanol–water partition coefficient (Wildman–Crippen LogP) is 3.63. The number of hydrogen-bond donors (Lipinski definition) is 4. The number of fused-ring (bicyclic) bond motifs is 1. The fourth-order valence-electron chi connectivity index (χ4n) is 8.45. The number of amides is 4. The van der Waals surface area contributed by atoms with E-state index in [-0.39, 0.29) is 37.0 Å². The molecule has 3 aromatic carbocycles. The molecule has 0 spiro atoms. The Morgan fingerprint density at radius 3 is 2.18 bits per heavy atom. The minimum Gasteiger partial charge on any atom is -0.390 e. The molecule has 4 amide bonds. The zero-order valence-corrected chi connectivity index (χ0v) is 33.2. The molecular formula is C45H61N5O7. The number of hydrogen-bond acceptors (Lipinski definition) is 8. The van der Waals surface area contributed by atoms with Gasteiger partial charge in [-0.05, 0) is 40.7 Å². The number of nitrogens with zero attached hydrogens (tertiary/aromatic N) is 2. The molecule has 2 saturated heterocycles. The van der Waals surface area contributed by atoms with Gasteiger partial charge in [0.25, 0.3) is 0 Å². The van der Waals surface area contributed by atoms with Crippen molar-refractivity contribution in [2.75, 3.05) is 65.7 Å². The molecule has 0 aromatic heterocycles. The van der Waals surface area contributed by atoms with Crippen LogP contribution in [0.5, 0.6) is 0 Å². The number of aliphatic hydroxyl groups excluding tert-OH is 1. The zero-order valence-electron chi connectivity index (χ0n) is 33.2. The van der Waals surface area contributed by atoms with E-state index < -0.39 is 30.0 Å². The summed E-state index contributed by atoms with van der Waals surface area (Å²) in [5, 5.41) is 22.8. The molecule has 1 aliphatic carbocycles. The van der Waals surface area contributed by atoms with Gasteiger partial charge >= 0.3 is 0 Å². The zero-order chi connectivity index (χ0) is 39.8. The first kappa shape index (κ1) is 42.3. The van der Waals surface area contributed by atoms with E-state index in [4.69, 9.17) is 9.47 Å². The molecule has 1 saturated carbocycles. The van der Waals surface area contributed by atoms with Crippen LogP contribution in [-0.4, -0.2) is 122 Å². The number of ether oxygens (including phenoxy) is 2. The van der Waals surface area contributed by atoms with E-state index in [2.05, 4.69) is 20.9 Å². The Morgan fingerprint density at radius 1 is 0.737 bits per heavy atom. The maximum Gasteiger partial charge on any atom is 0.243 e. The van der Waals surface area contributed by atoms with Gasteiger partial charge in [-0.1, -0.05) is 105 Å². The average Bonchev–Trinajstić information content (AvgIpc) is 3.24. The molecule has 308 valence electrons. The number of nitrogens with one attached hydrogen (secondary N) is 3. The second kappa shape index (κ2) is 22.0. The number of morpholine rings is 2. The van der Waals surface area contributed by atoms with Crippen molar-refractivity contribution >= 4 is 34.4 Å². The Kier molecular flexibility index (Phi) is 16.3. The Labute approximate surface area is 337 Å². The maximum absolute atomic E-state index is 14.5. The van der Waals surface area contributed by atoms with Crippen molar-refractivity contribution < 1.29 is 33.8 Å². The van der Waals surface area contributed by atoms with Crippen molar-refractivity contribution in [1.29, 1.82) is 0 Å². The van der Waals surface area contributed by atoms with E-state index in [1.54, 1.807) is 4.90 Å². The Bertz CT molecular complexity index is 1730. The highest BCUT2D eigenvalue weighted by Crippen LogP contribution is 2.29. The number of rotatable bonds is 18. The van der Waals surface area contributed by atoms with Gasteiger partial charge in [-0.2, -0.15) is 0 Å². The van der Waals surface area contributed by atoms with Crippen LogP contribution in [0, 0.1) is 11.8 Å². The maximum atomic E-state index is 14.5.